The number of fused-ring (bicyclic) bond motifs is 3. The first-order valence-corrected chi connectivity index (χ1v) is 8.08. The Morgan fingerprint density at radius 1 is 0.833 bits per heavy atom. The molecule has 0 fully saturated rings. The minimum absolute atomic E-state index is 0. The van der Waals surface area contributed by atoms with Crippen LogP contribution in [0.3, 0.4) is 0 Å². The average molecular weight is 440 g/mol. The number of aryl methyl sites for hydroxylation is 2. The Morgan fingerprint density at radius 3 is 1.92 bits per heavy atom. The molecule has 0 aliphatic heterocycles. The van der Waals surface area contributed by atoms with Crippen molar-refractivity contribution in [2.75, 3.05) is 0 Å². The Labute approximate surface area is 178 Å². The third-order valence-electron chi connectivity index (χ3n) is 4.79. The Hall–Kier alpha value is -0.0969. The molecule has 0 aromatic heterocycles. The van der Waals surface area contributed by atoms with Gasteiger partial charge in [0, 0.05) is 0 Å². The van der Waals surface area contributed by atoms with E-state index in [1.165, 1.54) is 44.5 Å². The van der Waals surface area contributed by atoms with Crippen LogP contribution in [0.25, 0.3) is 11.1 Å². The van der Waals surface area contributed by atoms with Gasteiger partial charge in [-0.25, -0.2) is 0 Å². The van der Waals surface area contributed by atoms with Crippen molar-refractivity contribution in [2.45, 2.75) is 59.8 Å². The monoisotopic (exact) mass is 437 g/mol. The van der Waals surface area contributed by atoms with Gasteiger partial charge >= 0.3 is 26.2 Å². The Kier molecular flexibility index (Phi) is 8.98. The second kappa shape index (κ2) is 9.02. The van der Waals surface area contributed by atoms with Gasteiger partial charge in [0.1, 0.15) is 0 Å². The number of hydrogen-bond donors (Lipinski definition) is 0. The first-order valence-electron chi connectivity index (χ1n) is 8.08. The van der Waals surface area contributed by atoms with E-state index in [4.69, 9.17) is 0 Å². The molecule has 0 amide bonds. The molecule has 127 valence electrons. The third-order valence-corrected chi connectivity index (χ3v) is 4.79. The molecule has 24 heavy (non-hydrogen) atoms. The van der Waals surface area contributed by atoms with Crippen LogP contribution in [0.1, 0.15) is 72.9 Å². The van der Waals surface area contributed by atoms with E-state index >= 15 is 0 Å². The molecule has 0 atom stereocenters. The van der Waals surface area contributed by atoms with Crippen molar-refractivity contribution in [3.63, 3.8) is 0 Å². The SMILES string of the molecule is Cc1[c-]c2c(cc1C(C)C)-c1cc(C(C)C)c(C)cc1C2.[Cl-].[Cl-].[Zr+3]. The minimum atomic E-state index is 0. The van der Waals surface area contributed by atoms with Crippen molar-refractivity contribution in [1.82, 2.24) is 0 Å². The summed E-state index contributed by atoms with van der Waals surface area (Å²) < 4.78 is 0. The van der Waals surface area contributed by atoms with Crippen LogP contribution in [0.15, 0.2) is 18.2 Å². The van der Waals surface area contributed by atoms with Gasteiger partial charge in [-0.15, -0.1) is 16.7 Å². The van der Waals surface area contributed by atoms with Crippen LogP contribution in [-0.2, 0) is 32.6 Å². The maximum Gasteiger partial charge on any atom is 3.00 e. The van der Waals surface area contributed by atoms with Gasteiger partial charge in [0.2, 0.25) is 0 Å². The Balaban J connectivity index is 0.00000176. The predicted octanol–water partition coefficient (Wildman–Crippen LogP) is -0.0729. The van der Waals surface area contributed by atoms with Gasteiger partial charge in [0.15, 0.2) is 0 Å². The molecule has 2 aromatic carbocycles. The molecule has 0 heterocycles. The maximum atomic E-state index is 3.65. The molecule has 0 unspecified atom stereocenters. The van der Waals surface area contributed by atoms with Crippen molar-refractivity contribution in [1.29, 1.82) is 0 Å². The van der Waals surface area contributed by atoms with E-state index < -0.39 is 0 Å². The molecule has 0 saturated carbocycles. The standard InChI is InChI=1S/C21H25.2ClH.Zr/c1-12(2)18-10-20-16(7-14(18)5)9-17-8-15(6)19(13(3)4)11-21(17)20;;;/h7,10-13H,9H2,1-6H3;2*1H;/q-1;;;+3/p-2. The predicted molar refractivity (Wildman–Crippen MR) is 91.2 cm³/mol. The summed E-state index contributed by atoms with van der Waals surface area (Å²) in [6, 6.07) is 10.9. The number of benzene rings is 2. The molecular formula is C21H25Cl2Zr. The van der Waals surface area contributed by atoms with Crippen LogP contribution in [0, 0.1) is 19.9 Å². The van der Waals surface area contributed by atoms with E-state index in [2.05, 4.69) is 65.8 Å². The number of hydrogen-bond acceptors (Lipinski definition) is 0. The van der Waals surface area contributed by atoms with Crippen molar-refractivity contribution < 1.29 is 51.0 Å². The second-order valence-electron chi connectivity index (χ2n) is 7.09. The summed E-state index contributed by atoms with van der Waals surface area (Å²) in [6.07, 6.45) is 1.04. The molecule has 0 saturated heterocycles. The Morgan fingerprint density at radius 2 is 1.38 bits per heavy atom. The smallest absolute Gasteiger partial charge is 1.00 e. The minimum Gasteiger partial charge on any atom is -1.00 e. The fourth-order valence-electron chi connectivity index (χ4n) is 3.69. The molecule has 2 aromatic rings. The Bertz CT molecular complexity index is 657. The van der Waals surface area contributed by atoms with E-state index in [-0.39, 0.29) is 51.0 Å². The number of rotatable bonds is 2. The van der Waals surface area contributed by atoms with Crippen LogP contribution in [0.5, 0.6) is 0 Å². The second-order valence-corrected chi connectivity index (χ2v) is 7.09. The molecule has 3 heteroatoms. The zero-order valence-corrected chi connectivity index (χ0v) is 19.3. The quantitative estimate of drug-likeness (QED) is 0.491. The normalized spacial score (nSPS) is 11.3. The molecule has 0 N–H and O–H groups in total. The molecule has 1 aliphatic rings. The maximum absolute atomic E-state index is 3.65. The molecule has 3 rings (SSSR count). The summed E-state index contributed by atoms with van der Waals surface area (Å²) in [5.41, 5.74) is 11.4. The molecular weight excluding hydrogens is 414 g/mol. The van der Waals surface area contributed by atoms with E-state index in [9.17, 15) is 0 Å². The van der Waals surface area contributed by atoms with E-state index in [1.54, 1.807) is 0 Å². The van der Waals surface area contributed by atoms with Crippen LogP contribution in [0.2, 0.25) is 0 Å². The fraction of sp³-hybridized carbons (Fsp3) is 0.429. The largest absolute Gasteiger partial charge is 3.00 e. The zero-order valence-electron chi connectivity index (χ0n) is 15.3. The first kappa shape index (κ1) is 23.9. The van der Waals surface area contributed by atoms with Crippen LogP contribution < -0.4 is 24.8 Å². The first-order chi connectivity index (χ1) is 9.88. The van der Waals surface area contributed by atoms with Crippen molar-refractivity contribution >= 4 is 0 Å². The molecule has 0 bridgehead atoms. The summed E-state index contributed by atoms with van der Waals surface area (Å²) >= 11 is 0. The van der Waals surface area contributed by atoms with Gasteiger partial charge in [-0.05, 0) is 36.0 Å². The summed E-state index contributed by atoms with van der Waals surface area (Å²) in [5, 5.41) is 0. The topological polar surface area (TPSA) is 0 Å². The third kappa shape index (κ3) is 4.17. The van der Waals surface area contributed by atoms with Gasteiger partial charge in [-0.1, -0.05) is 58.2 Å². The molecule has 0 spiro atoms. The van der Waals surface area contributed by atoms with Gasteiger partial charge in [0.25, 0.3) is 0 Å². The van der Waals surface area contributed by atoms with Crippen molar-refractivity contribution in [2.24, 2.45) is 0 Å². The summed E-state index contributed by atoms with van der Waals surface area (Å²) in [7, 11) is 0. The van der Waals surface area contributed by atoms with E-state index in [1.807, 2.05) is 0 Å². The summed E-state index contributed by atoms with van der Waals surface area (Å²) in [6.45, 7) is 13.5. The molecule has 0 nitrogen and oxygen atoms in total. The van der Waals surface area contributed by atoms with Gasteiger partial charge in [0.05, 0.1) is 0 Å². The van der Waals surface area contributed by atoms with Crippen LogP contribution in [-0.4, -0.2) is 0 Å². The molecule has 1 radical (unpaired) electrons. The summed E-state index contributed by atoms with van der Waals surface area (Å²) in [5.74, 6) is 1.14. The van der Waals surface area contributed by atoms with Crippen molar-refractivity contribution in [3.05, 3.63) is 57.6 Å². The van der Waals surface area contributed by atoms with Crippen LogP contribution >= 0.6 is 0 Å². The molecule has 1 aliphatic carbocycles. The van der Waals surface area contributed by atoms with Crippen LogP contribution in [0.4, 0.5) is 0 Å². The van der Waals surface area contributed by atoms with E-state index in [0.29, 0.717) is 11.8 Å². The van der Waals surface area contributed by atoms with Crippen molar-refractivity contribution in [3.8, 4) is 11.1 Å². The number of halogens is 2. The van der Waals surface area contributed by atoms with Gasteiger partial charge in [-0.3, -0.25) is 0 Å². The zero-order chi connectivity index (χ0) is 15.3. The van der Waals surface area contributed by atoms with Gasteiger partial charge in [-0.2, -0.15) is 17.7 Å². The average Bonchev–Trinajstić information content (AvgIpc) is 2.71. The summed E-state index contributed by atoms with van der Waals surface area (Å²) in [4.78, 5) is 0. The van der Waals surface area contributed by atoms with Gasteiger partial charge < -0.3 is 24.8 Å². The fourth-order valence-corrected chi connectivity index (χ4v) is 3.69. The van der Waals surface area contributed by atoms with E-state index in [0.717, 1.165) is 6.42 Å².